The van der Waals surface area contributed by atoms with E-state index in [9.17, 15) is 13.2 Å². The maximum Gasteiger partial charge on any atom is 0.264 e. The van der Waals surface area contributed by atoms with Gasteiger partial charge in [-0.2, -0.15) is 0 Å². The molecule has 0 saturated carbocycles. The smallest absolute Gasteiger partial charge is 0.264 e. The van der Waals surface area contributed by atoms with E-state index in [0.29, 0.717) is 11.4 Å². The lowest BCUT2D eigenvalue weighted by atomic mass is 10.1. The van der Waals surface area contributed by atoms with Crippen LogP contribution in [-0.4, -0.2) is 40.1 Å². The van der Waals surface area contributed by atoms with Gasteiger partial charge in [-0.05, 0) is 74.7 Å². The second-order valence-electron chi connectivity index (χ2n) is 8.84. The molecule has 0 radical (unpaired) electrons. The molecular weight excluding hydrogens is 464 g/mol. The molecule has 3 aromatic rings. The van der Waals surface area contributed by atoms with Crippen molar-refractivity contribution in [3.8, 4) is 11.5 Å². The van der Waals surface area contributed by atoms with Crippen LogP contribution in [0.5, 0.6) is 11.5 Å². The maximum absolute atomic E-state index is 13.5. The van der Waals surface area contributed by atoms with Gasteiger partial charge in [0.2, 0.25) is 0 Å². The number of sulfonamides is 1. The molecule has 184 valence electrons. The van der Waals surface area contributed by atoms with Crippen molar-refractivity contribution in [1.82, 2.24) is 5.32 Å². The number of fused-ring (bicyclic) bond motifs is 1. The van der Waals surface area contributed by atoms with E-state index in [1.807, 2.05) is 52.0 Å². The number of carbonyl (C=O) groups is 1. The van der Waals surface area contributed by atoms with Crippen LogP contribution in [0.3, 0.4) is 0 Å². The normalized spacial score (nSPS) is 15.2. The quantitative estimate of drug-likeness (QED) is 0.501. The highest BCUT2D eigenvalue weighted by atomic mass is 32.2. The number of nitrogens with zero attached hydrogens (tertiary/aromatic N) is 1. The minimum absolute atomic E-state index is 0.129. The molecule has 0 aliphatic carbocycles. The predicted molar refractivity (Wildman–Crippen MR) is 136 cm³/mol. The highest BCUT2D eigenvalue weighted by Crippen LogP contribution is 2.37. The molecule has 0 spiro atoms. The number of hydrogen-bond donors (Lipinski definition) is 1. The molecule has 3 aromatic carbocycles. The minimum atomic E-state index is -3.89. The Balaban J connectivity index is 1.49. The zero-order chi connectivity index (χ0) is 25.2. The molecule has 4 rings (SSSR count). The van der Waals surface area contributed by atoms with Gasteiger partial charge in [-0.1, -0.05) is 35.9 Å². The van der Waals surface area contributed by atoms with E-state index >= 15 is 0 Å². The summed E-state index contributed by atoms with van der Waals surface area (Å²) in [5.74, 6) is 0.734. The van der Waals surface area contributed by atoms with E-state index in [-0.39, 0.29) is 24.6 Å². The number of rotatable bonds is 7. The van der Waals surface area contributed by atoms with Crippen molar-refractivity contribution >= 4 is 21.6 Å². The number of benzene rings is 3. The first kappa shape index (κ1) is 24.6. The fourth-order valence-electron chi connectivity index (χ4n) is 3.87. The first-order valence-corrected chi connectivity index (χ1v) is 12.9. The Morgan fingerprint density at radius 2 is 1.63 bits per heavy atom. The van der Waals surface area contributed by atoms with Crippen molar-refractivity contribution in [2.24, 2.45) is 0 Å². The summed E-state index contributed by atoms with van der Waals surface area (Å²) in [5, 5.41) is 2.81. The van der Waals surface area contributed by atoms with Crippen molar-refractivity contribution in [3.05, 3.63) is 82.9 Å². The lowest BCUT2D eigenvalue weighted by molar-refractivity contribution is -0.127. The van der Waals surface area contributed by atoms with Gasteiger partial charge in [0.05, 0.1) is 23.7 Å². The standard InChI is InChI=1S/C27H30N2O5S/c1-18-6-10-22(11-7-18)35(31,32)29-17-26(34-25-16-20(3)8-12-23(25)29)27(30)28-13-14-33-24-15-19(2)5-9-21(24)4/h5-12,15-16,26H,13-14,17H2,1-4H3,(H,28,30)/t26-/m0/s1. The Morgan fingerprint density at radius 3 is 2.37 bits per heavy atom. The third-order valence-electron chi connectivity index (χ3n) is 5.89. The molecule has 8 heteroatoms. The fraction of sp³-hybridized carbons (Fsp3) is 0.296. The molecular formula is C27H30N2O5S. The first-order chi connectivity index (χ1) is 16.6. The molecule has 1 aliphatic heterocycles. The number of hydrogen-bond acceptors (Lipinski definition) is 5. The summed E-state index contributed by atoms with van der Waals surface area (Å²) in [6.45, 7) is 8.15. The average Bonchev–Trinajstić information content (AvgIpc) is 2.83. The van der Waals surface area contributed by atoms with Crippen molar-refractivity contribution in [2.75, 3.05) is 24.0 Å². The van der Waals surface area contributed by atoms with Gasteiger partial charge < -0.3 is 14.8 Å². The van der Waals surface area contributed by atoms with Gasteiger partial charge in [-0.25, -0.2) is 8.42 Å². The Hall–Kier alpha value is -3.52. The highest BCUT2D eigenvalue weighted by molar-refractivity contribution is 7.92. The number of aryl methyl sites for hydroxylation is 4. The van der Waals surface area contributed by atoms with Crippen molar-refractivity contribution in [1.29, 1.82) is 0 Å². The number of ether oxygens (including phenoxy) is 2. The van der Waals surface area contributed by atoms with Crippen LogP contribution in [0.4, 0.5) is 5.69 Å². The van der Waals surface area contributed by atoms with Crippen LogP contribution in [0.15, 0.2) is 65.6 Å². The van der Waals surface area contributed by atoms with Gasteiger partial charge in [0.1, 0.15) is 18.1 Å². The molecule has 0 aromatic heterocycles. The van der Waals surface area contributed by atoms with Crippen LogP contribution in [0, 0.1) is 27.7 Å². The molecule has 7 nitrogen and oxygen atoms in total. The zero-order valence-corrected chi connectivity index (χ0v) is 21.2. The van der Waals surface area contributed by atoms with Gasteiger partial charge in [-0.3, -0.25) is 9.10 Å². The van der Waals surface area contributed by atoms with Crippen LogP contribution in [0.25, 0.3) is 0 Å². The zero-order valence-electron chi connectivity index (χ0n) is 20.4. The molecule has 1 N–H and O–H groups in total. The first-order valence-electron chi connectivity index (χ1n) is 11.5. The molecule has 0 saturated heterocycles. The molecule has 1 amide bonds. The van der Waals surface area contributed by atoms with Crippen molar-refractivity contribution < 1.29 is 22.7 Å². The Morgan fingerprint density at radius 1 is 0.971 bits per heavy atom. The van der Waals surface area contributed by atoms with E-state index in [0.717, 1.165) is 28.0 Å². The van der Waals surface area contributed by atoms with Crippen LogP contribution < -0.4 is 19.1 Å². The number of anilines is 1. The van der Waals surface area contributed by atoms with E-state index in [4.69, 9.17) is 9.47 Å². The van der Waals surface area contributed by atoms with E-state index in [2.05, 4.69) is 5.32 Å². The summed E-state index contributed by atoms with van der Waals surface area (Å²) in [7, 11) is -3.89. The second kappa shape index (κ2) is 10.00. The third-order valence-corrected chi connectivity index (χ3v) is 7.68. The van der Waals surface area contributed by atoms with Gasteiger partial charge in [0.25, 0.3) is 15.9 Å². The summed E-state index contributed by atoms with van der Waals surface area (Å²) >= 11 is 0. The molecule has 0 unspecified atom stereocenters. The molecule has 1 heterocycles. The summed E-state index contributed by atoms with van der Waals surface area (Å²) in [4.78, 5) is 13.1. The van der Waals surface area contributed by atoms with Crippen LogP contribution in [0.2, 0.25) is 0 Å². The lowest BCUT2D eigenvalue weighted by Gasteiger charge is -2.35. The molecule has 35 heavy (non-hydrogen) atoms. The Labute approximate surface area is 206 Å². The summed E-state index contributed by atoms with van der Waals surface area (Å²) in [6, 6.07) is 17.9. The molecule has 0 bridgehead atoms. The molecule has 1 aliphatic rings. The van der Waals surface area contributed by atoms with Crippen LogP contribution in [-0.2, 0) is 14.8 Å². The highest BCUT2D eigenvalue weighted by Gasteiger charge is 2.37. The Kier molecular flexibility index (Phi) is 7.03. The summed E-state index contributed by atoms with van der Waals surface area (Å²) in [6.07, 6.45) is -0.995. The van der Waals surface area contributed by atoms with Gasteiger partial charge >= 0.3 is 0 Å². The summed E-state index contributed by atoms with van der Waals surface area (Å²) in [5.41, 5.74) is 4.38. The molecule has 1 atom stereocenters. The lowest BCUT2D eigenvalue weighted by Crippen LogP contribution is -2.51. The number of nitrogens with one attached hydrogen (secondary N) is 1. The largest absolute Gasteiger partial charge is 0.491 e. The summed E-state index contributed by atoms with van der Waals surface area (Å²) < 4.78 is 40.0. The predicted octanol–water partition coefficient (Wildman–Crippen LogP) is 4.07. The maximum atomic E-state index is 13.5. The topological polar surface area (TPSA) is 84.9 Å². The average molecular weight is 495 g/mol. The van der Waals surface area contributed by atoms with E-state index in [1.54, 1.807) is 36.4 Å². The minimum Gasteiger partial charge on any atom is -0.491 e. The number of amides is 1. The second-order valence-corrected chi connectivity index (χ2v) is 10.7. The number of carbonyl (C=O) groups excluding carboxylic acids is 1. The van der Waals surface area contributed by atoms with E-state index < -0.39 is 22.0 Å². The van der Waals surface area contributed by atoms with Crippen LogP contribution in [0.1, 0.15) is 22.3 Å². The fourth-order valence-corrected chi connectivity index (χ4v) is 5.35. The van der Waals surface area contributed by atoms with Crippen molar-refractivity contribution in [2.45, 2.75) is 38.7 Å². The van der Waals surface area contributed by atoms with Crippen LogP contribution >= 0.6 is 0 Å². The van der Waals surface area contributed by atoms with Gasteiger partial charge in [-0.15, -0.1) is 0 Å². The monoisotopic (exact) mass is 494 g/mol. The van der Waals surface area contributed by atoms with E-state index in [1.165, 1.54) is 4.31 Å². The molecule has 0 fully saturated rings. The van der Waals surface area contributed by atoms with Crippen molar-refractivity contribution in [3.63, 3.8) is 0 Å². The SMILES string of the molecule is Cc1ccc(S(=O)(=O)N2C[C@@H](C(=O)NCCOc3cc(C)ccc3C)Oc3cc(C)ccc32)cc1. The van der Waals surface area contributed by atoms with Gasteiger partial charge in [0, 0.05) is 0 Å². The third kappa shape index (κ3) is 5.43. The van der Waals surface area contributed by atoms with Gasteiger partial charge in [0.15, 0.2) is 6.10 Å². The Bertz CT molecular complexity index is 1340.